The summed E-state index contributed by atoms with van der Waals surface area (Å²) in [5.41, 5.74) is 10.6. The first-order valence-electron chi connectivity index (χ1n) is 14.3. The highest BCUT2D eigenvalue weighted by molar-refractivity contribution is 6.01. The van der Waals surface area contributed by atoms with Crippen molar-refractivity contribution in [3.8, 4) is 11.1 Å². The molecule has 42 heavy (non-hydrogen) atoms. The summed E-state index contributed by atoms with van der Waals surface area (Å²) in [6, 6.07) is 22.2. The third kappa shape index (κ3) is 7.35. The summed E-state index contributed by atoms with van der Waals surface area (Å²) in [6.45, 7) is 8.03. The standard InChI is InChI=1S/C33H41N5O4/c1-21-22(2)30(37-29(40)19-33(3,4)34)31(41)38(28-12-8-6-9-25(21)28)20-23-13-15-24(16-14-23)26-10-5-7-11-27(26)36-32(42)35-17-18-39/h5-16,21-22,30,39H,17-20,34H2,1-4H3,(H,37,40)(H2,35,36,42). The zero-order valence-corrected chi connectivity index (χ0v) is 24.7. The van der Waals surface area contributed by atoms with Crippen LogP contribution in [0.3, 0.4) is 0 Å². The van der Waals surface area contributed by atoms with Crippen LogP contribution in [0.15, 0.2) is 72.8 Å². The number of carbonyl (C=O) groups is 3. The van der Waals surface area contributed by atoms with Crippen LogP contribution >= 0.6 is 0 Å². The Morgan fingerprint density at radius 3 is 2.33 bits per heavy atom. The van der Waals surface area contributed by atoms with Gasteiger partial charge in [0.2, 0.25) is 11.8 Å². The minimum absolute atomic E-state index is 0.0345. The van der Waals surface area contributed by atoms with E-state index in [1.54, 1.807) is 18.7 Å². The summed E-state index contributed by atoms with van der Waals surface area (Å²) >= 11 is 0. The van der Waals surface area contributed by atoms with Gasteiger partial charge in [-0.2, -0.15) is 0 Å². The minimum Gasteiger partial charge on any atom is -0.395 e. The van der Waals surface area contributed by atoms with Crippen molar-refractivity contribution in [1.29, 1.82) is 0 Å². The average molecular weight is 572 g/mol. The Bertz CT molecular complexity index is 1420. The fourth-order valence-electron chi connectivity index (χ4n) is 5.35. The molecule has 1 aliphatic heterocycles. The molecule has 0 aliphatic carbocycles. The van der Waals surface area contributed by atoms with Crippen LogP contribution in [-0.2, 0) is 16.1 Å². The maximum absolute atomic E-state index is 14.1. The van der Waals surface area contributed by atoms with E-state index < -0.39 is 17.6 Å². The second-order valence-corrected chi connectivity index (χ2v) is 11.7. The van der Waals surface area contributed by atoms with E-state index >= 15 is 0 Å². The van der Waals surface area contributed by atoms with Crippen molar-refractivity contribution in [1.82, 2.24) is 10.6 Å². The SMILES string of the molecule is CC1c2ccccc2N(Cc2ccc(-c3ccccc3NC(=O)NCCO)cc2)C(=O)C(NC(=O)CC(C)(C)N)C1C. The highest BCUT2D eigenvalue weighted by Crippen LogP contribution is 2.39. The van der Waals surface area contributed by atoms with Gasteiger partial charge in [-0.1, -0.05) is 74.5 Å². The van der Waals surface area contributed by atoms with Crippen LogP contribution < -0.4 is 26.6 Å². The first-order chi connectivity index (χ1) is 20.0. The summed E-state index contributed by atoms with van der Waals surface area (Å²) in [6.07, 6.45) is 0.117. The van der Waals surface area contributed by atoms with Gasteiger partial charge in [-0.3, -0.25) is 9.59 Å². The number of urea groups is 1. The second-order valence-electron chi connectivity index (χ2n) is 11.7. The summed E-state index contributed by atoms with van der Waals surface area (Å²) in [5.74, 6) is -0.496. The highest BCUT2D eigenvalue weighted by atomic mass is 16.3. The van der Waals surface area contributed by atoms with Gasteiger partial charge in [0.15, 0.2) is 0 Å². The van der Waals surface area contributed by atoms with Crippen LogP contribution in [0, 0.1) is 5.92 Å². The molecule has 0 aromatic heterocycles. The second kappa shape index (κ2) is 13.2. The van der Waals surface area contributed by atoms with Crippen molar-refractivity contribution in [3.63, 3.8) is 0 Å². The monoisotopic (exact) mass is 571 g/mol. The Morgan fingerprint density at radius 2 is 1.64 bits per heavy atom. The molecule has 0 saturated heterocycles. The van der Waals surface area contributed by atoms with Crippen LogP contribution in [0.1, 0.15) is 51.2 Å². The van der Waals surface area contributed by atoms with E-state index in [1.165, 1.54) is 0 Å². The summed E-state index contributed by atoms with van der Waals surface area (Å²) < 4.78 is 0. The molecule has 0 spiro atoms. The van der Waals surface area contributed by atoms with Crippen molar-refractivity contribution in [2.24, 2.45) is 11.7 Å². The molecular weight excluding hydrogens is 530 g/mol. The van der Waals surface area contributed by atoms with E-state index in [9.17, 15) is 14.4 Å². The lowest BCUT2D eigenvalue weighted by atomic mass is 9.84. The lowest BCUT2D eigenvalue weighted by Gasteiger charge is -2.29. The largest absolute Gasteiger partial charge is 0.395 e. The Balaban J connectivity index is 1.61. The van der Waals surface area contributed by atoms with Gasteiger partial charge in [0.05, 0.1) is 18.8 Å². The smallest absolute Gasteiger partial charge is 0.319 e. The van der Waals surface area contributed by atoms with Crippen molar-refractivity contribution in [2.45, 2.75) is 58.2 Å². The highest BCUT2D eigenvalue weighted by Gasteiger charge is 2.39. The molecule has 9 heteroatoms. The zero-order valence-electron chi connectivity index (χ0n) is 24.7. The van der Waals surface area contributed by atoms with Crippen LogP contribution in [0.2, 0.25) is 0 Å². The number of para-hydroxylation sites is 2. The number of hydrogen-bond donors (Lipinski definition) is 5. The Morgan fingerprint density at radius 1 is 0.976 bits per heavy atom. The number of nitrogens with zero attached hydrogens (tertiary/aromatic N) is 1. The van der Waals surface area contributed by atoms with E-state index in [1.807, 2.05) is 79.7 Å². The molecule has 1 heterocycles. The molecule has 9 nitrogen and oxygen atoms in total. The van der Waals surface area contributed by atoms with Gasteiger partial charge in [-0.05, 0) is 54.5 Å². The van der Waals surface area contributed by atoms with Gasteiger partial charge < -0.3 is 31.7 Å². The number of benzene rings is 3. The maximum Gasteiger partial charge on any atom is 0.319 e. The molecule has 0 bridgehead atoms. The maximum atomic E-state index is 14.1. The van der Waals surface area contributed by atoms with Gasteiger partial charge in [0.1, 0.15) is 6.04 Å². The van der Waals surface area contributed by atoms with Gasteiger partial charge in [0, 0.05) is 29.8 Å². The number of aliphatic hydroxyl groups excluding tert-OH is 1. The van der Waals surface area contributed by atoms with Crippen molar-refractivity contribution < 1.29 is 19.5 Å². The predicted molar refractivity (Wildman–Crippen MR) is 166 cm³/mol. The number of carbonyl (C=O) groups excluding carboxylic acids is 3. The molecular formula is C33H41N5O4. The molecule has 3 aromatic carbocycles. The topological polar surface area (TPSA) is 137 Å². The number of rotatable bonds is 9. The molecule has 3 atom stereocenters. The number of nitrogens with two attached hydrogens (primary N) is 1. The van der Waals surface area contributed by atoms with Crippen LogP contribution in [0.4, 0.5) is 16.2 Å². The van der Waals surface area contributed by atoms with E-state index in [-0.39, 0.29) is 43.2 Å². The molecule has 3 aromatic rings. The number of anilines is 2. The van der Waals surface area contributed by atoms with E-state index in [2.05, 4.69) is 22.9 Å². The third-order valence-corrected chi connectivity index (χ3v) is 7.68. The number of amides is 4. The molecule has 0 saturated carbocycles. The Kier molecular flexibility index (Phi) is 9.65. The van der Waals surface area contributed by atoms with Crippen molar-refractivity contribution in [3.05, 3.63) is 83.9 Å². The normalized spacial score (nSPS) is 18.6. The Hall–Kier alpha value is -4.21. The minimum atomic E-state index is -0.698. The molecule has 1 aliphatic rings. The molecule has 4 amide bonds. The van der Waals surface area contributed by atoms with Crippen molar-refractivity contribution >= 4 is 29.2 Å². The van der Waals surface area contributed by atoms with E-state index in [0.717, 1.165) is 27.9 Å². The fourth-order valence-corrected chi connectivity index (χ4v) is 5.35. The molecule has 4 rings (SSSR count). The molecule has 0 radical (unpaired) electrons. The summed E-state index contributed by atoms with van der Waals surface area (Å²) in [5, 5.41) is 17.4. The lowest BCUT2D eigenvalue weighted by Crippen LogP contribution is -2.52. The van der Waals surface area contributed by atoms with Crippen molar-refractivity contribution in [2.75, 3.05) is 23.4 Å². The molecule has 6 N–H and O–H groups in total. The predicted octanol–water partition coefficient (Wildman–Crippen LogP) is 4.37. The van der Waals surface area contributed by atoms with Gasteiger partial charge in [-0.15, -0.1) is 0 Å². The van der Waals surface area contributed by atoms with E-state index in [4.69, 9.17) is 10.8 Å². The zero-order chi connectivity index (χ0) is 30.4. The molecule has 0 fully saturated rings. The molecule has 3 unspecified atom stereocenters. The number of aliphatic hydroxyl groups is 1. The van der Waals surface area contributed by atoms with Gasteiger partial charge in [0.25, 0.3) is 0 Å². The van der Waals surface area contributed by atoms with Gasteiger partial charge in [-0.25, -0.2) is 4.79 Å². The number of nitrogens with one attached hydrogen (secondary N) is 3. The van der Waals surface area contributed by atoms with Crippen LogP contribution in [0.25, 0.3) is 11.1 Å². The molecule has 222 valence electrons. The quantitative estimate of drug-likeness (QED) is 0.260. The summed E-state index contributed by atoms with van der Waals surface area (Å²) in [4.78, 5) is 41.0. The average Bonchev–Trinajstić information content (AvgIpc) is 3.02. The first-order valence-corrected chi connectivity index (χ1v) is 14.3. The number of fused-ring (bicyclic) bond motifs is 1. The third-order valence-electron chi connectivity index (χ3n) is 7.68. The number of hydrogen-bond acceptors (Lipinski definition) is 5. The van der Waals surface area contributed by atoms with Gasteiger partial charge >= 0.3 is 6.03 Å². The van der Waals surface area contributed by atoms with Crippen LogP contribution in [-0.4, -0.2) is 47.7 Å². The van der Waals surface area contributed by atoms with Crippen LogP contribution in [0.5, 0.6) is 0 Å². The summed E-state index contributed by atoms with van der Waals surface area (Å²) in [7, 11) is 0. The first kappa shape index (κ1) is 30.7. The van der Waals surface area contributed by atoms with E-state index in [0.29, 0.717) is 12.2 Å². The lowest BCUT2D eigenvalue weighted by molar-refractivity contribution is -0.129. The fraction of sp³-hybridized carbons (Fsp3) is 0.364. The Labute approximate surface area is 247 Å².